The molecular formula is C14H18N2O2. The Morgan fingerprint density at radius 3 is 3.11 bits per heavy atom. The van der Waals surface area contributed by atoms with Crippen LogP contribution >= 0.6 is 0 Å². The number of nitrogens with zero attached hydrogens (tertiary/aromatic N) is 2. The molecule has 18 heavy (non-hydrogen) atoms. The van der Waals surface area contributed by atoms with Gasteiger partial charge in [0, 0.05) is 30.7 Å². The predicted octanol–water partition coefficient (Wildman–Crippen LogP) is 2.04. The third kappa shape index (κ3) is 1.44. The van der Waals surface area contributed by atoms with Gasteiger partial charge in [-0.15, -0.1) is 0 Å². The van der Waals surface area contributed by atoms with E-state index in [1.54, 1.807) is 0 Å². The van der Waals surface area contributed by atoms with Crippen molar-refractivity contribution in [3.8, 4) is 0 Å². The van der Waals surface area contributed by atoms with Crippen LogP contribution in [-0.4, -0.2) is 20.7 Å². The Hall–Kier alpha value is -1.58. The summed E-state index contributed by atoms with van der Waals surface area (Å²) in [6.07, 6.45) is 6.26. The molecule has 0 saturated heterocycles. The largest absolute Gasteiger partial charge is 0.515 e. The van der Waals surface area contributed by atoms with Crippen molar-refractivity contribution in [1.82, 2.24) is 9.78 Å². The van der Waals surface area contributed by atoms with E-state index in [1.807, 2.05) is 11.7 Å². The van der Waals surface area contributed by atoms with Crippen LogP contribution in [-0.2, 0) is 23.7 Å². The molecule has 1 fully saturated rings. The minimum absolute atomic E-state index is 0.0966. The van der Waals surface area contributed by atoms with Crippen LogP contribution in [0.15, 0.2) is 18.0 Å². The minimum Gasteiger partial charge on any atom is -0.515 e. The summed E-state index contributed by atoms with van der Waals surface area (Å²) in [5, 5.41) is 13.8. The summed E-state index contributed by atoms with van der Waals surface area (Å²) in [4.78, 5) is 11.9. The van der Waals surface area contributed by atoms with Crippen LogP contribution in [0.25, 0.3) is 0 Å². The lowest BCUT2D eigenvalue weighted by atomic mass is 9.59. The van der Waals surface area contributed by atoms with Gasteiger partial charge < -0.3 is 5.11 Å². The van der Waals surface area contributed by atoms with Crippen LogP contribution < -0.4 is 0 Å². The molecule has 0 aliphatic heterocycles. The van der Waals surface area contributed by atoms with Crippen molar-refractivity contribution in [2.75, 3.05) is 0 Å². The number of aryl methyl sites for hydroxylation is 2. The van der Waals surface area contributed by atoms with Gasteiger partial charge in [-0.1, -0.05) is 6.92 Å². The fourth-order valence-electron chi connectivity index (χ4n) is 3.57. The average Bonchev–Trinajstić information content (AvgIpc) is 2.72. The van der Waals surface area contributed by atoms with Gasteiger partial charge in [-0.2, -0.15) is 5.10 Å². The Kier molecular flexibility index (Phi) is 2.37. The van der Waals surface area contributed by atoms with Crippen LogP contribution in [0.1, 0.15) is 37.4 Å². The van der Waals surface area contributed by atoms with Gasteiger partial charge in [0.15, 0.2) is 5.78 Å². The number of rotatable bonds is 0. The van der Waals surface area contributed by atoms with Gasteiger partial charge in [0.25, 0.3) is 0 Å². The van der Waals surface area contributed by atoms with Crippen molar-refractivity contribution in [3.05, 3.63) is 29.3 Å². The van der Waals surface area contributed by atoms with Crippen molar-refractivity contribution in [3.63, 3.8) is 0 Å². The fourth-order valence-corrected chi connectivity index (χ4v) is 3.57. The summed E-state index contributed by atoms with van der Waals surface area (Å²) in [6, 6.07) is 0. The highest BCUT2D eigenvalue weighted by molar-refractivity contribution is 5.96. The van der Waals surface area contributed by atoms with Gasteiger partial charge in [0.2, 0.25) is 0 Å². The van der Waals surface area contributed by atoms with Crippen LogP contribution in [0.3, 0.4) is 0 Å². The first-order valence-electron chi connectivity index (χ1n) is 6.44. The molecular weight excluding hydrogens is 228 g/mol. The SMILES string of the molecule is Cn1cc2c(n1)C1(C)C/C(=C/O)C(=O)CC1CC2. The molecule has 1 heterocycles. The molecule has 1 aromatic heterocycles. The third-order valence-corrected chi connectivity index (χ3v) is 4.61. The Bertz CT molecular complexity index is 544. The molecule has 0 radical (unpaired) electrons. The molecule has 1 saturated carbocycles. The second kappa shape index (κ2) is 3.70. The van der Waals surface area contributed by atoms with Gasteiger partial charge in [-0.05, 0) is 30.7 Å². The first-order chi connectivity index (χ1) is 8.54. The smallest absolute Gasteiger partial charge is 0.162 e. The standard InChI is InChI=1S/C14H18N2O2/c1-14-6-10(8-17)12(18)5-11(14)4-3-9-7-16(2)15-13(9)14/h7-8,11,17H,3-6H2,1-2H3/b10-8-. The second-order valence-corrected chi connectivity index (χ2v) is 5.79. The maximum absolute atomic E-state index is 11.9. The number of allylic oxidation sites excluding steroid dienone is 1. The highest BCUT2D eigenvalue weighted by Crippen LogP contribution is 2.49. The van der Waals surface area contributed by atoms with Crippen molar-refractivity contribution < 1.29 is 9.90 Å². The lowest BCUT2D eigenvalue weighted by Crippen LogP contribution is -2.43. The zero-order chi connectivity index (χ0) is 12.9. The molecule has 2 atom stereocenters. The van der Waals surface area contributed by atoms with E-state index >= 15 is 0 Å². The molecule has 2 aliphatic carbocycles. The minimum atomic E-state index is -0.0999. The third-order valence-electron chi connectivity index (χ3n) is 4.61. The lowest BCUT2D eigenvalue weighted by Gasteiger charge is -2.43. The van der Waals surface area contributed by atoms with Crippen molar-refractivity contribution >= 4 is 5.78 Å². The summed E-state index contributed by atoms with van der Waals surface area (Å²) in [6.45, 7) is 2.18. The van der Waals surface area contributed by atoms with E-state index in [-0.39, 0.29) is 11.2 Å². The molecule has 3 rings (SSSR count). The van der Waals surface area contributed by atoms with Gasteiger partial charge in [0.05, 0.1) is 12.0 Å². The van der Waals surface area contributed by atoms with Crippen LogP contribution in [0.4, 0.5) is 0 Å². The Morgan fingerprint density at radius 1 is 1.61 bits per heavy atom. The lowest BCUT2D eigenvalue weighted by molar-refractivity contribution is -0.119. The number of aromatic nitrogens is 2. The molecule has 1 N–H and O–H groups in total. The summed E-state index contributed by atoms with van der Waals surface area (Å²) in [7, 11) is 1.94. The number of aliphatic hydroxyl groups is 1. The molecule has 4 nitrogen and oxygen atoms in total. The van der Waals surface area contributed by atoms with Crippen molar-refractivity contribution in [2.45, 2.75) is 38.0 Å². The number of fused-ring (bicyclic) bond motifs is 3. The van der Waals surface area contributed by atoms with Gasteiger partial charge in [0.1, 0.15) is 0 Å². The number of Topliss-reactive ketones (excluding diaryl/α,β-unsaturated/α-hetero) is 1. The van der Waals surface area contributed by atoms with Crippen molar-refractivity contribution in [2.24, 2.45) is 13.0 Å². The van der Waals surface area contributed by atoms with Crippen LogP contribution in [0.5, 0.6) is 0 Å². The zero-order valence-corrected chi connectivity index (χ0v) is 10.8. The summed E-state index contributed by atoms with van der Waals surface area (Å²) in [5.74, 6) is 0.454. The Labute approximate surface area is 106 Å². The predicted molar refractivity (Wildman–Crippen MR) is 67.3 cm³/mol. The monoisotopic (exact) mass is 246 g/mol. The number of hydrogen-bond donors (Lipinski definition) is 1. The molecule has 2 aliphatic rings. The van der Waals surface area contributed by atoms with Crippen molar-refractivity contribution in [1.29, 1.82) is 0 Å². The first kappa shape index (κ1) is 11.5. The molecule has 1 aromatic rings. The number of ketones is 1. The van der Waals surface area contributed by atoms with Crippen LogP contribution in [0, 0.1) is 5.92 Å². The summed E-state index contributed by atoms with van der Waals surface area (Å²) >= 11 is 0. The Morgan fingerprint density at radius 2 is 2.39 bits per heavy atom. The number of hydrogen-bond acceptors (Lipinski definition) is 3. The fraction of sp³-hybridized carbons (Fsp3) is 0.571. The normalized spacial score (nSPS) is 33.3. The van der Waals surface area contributed by atoms with E-state index < -0.39 is 0 Å². The molecule has 0 aromatic carbocycles. The van der Waals surface area contributed by atoms with E-state index in [4.69, 9.17) is 0 Å². The molecule has 0 spiro atoms. The molecule has 4 heteroatoms. The highest BCUT2D eigenvalue weighted by Gasteiger charge is 2.47. The number of carbonyl (C=O) groups excluding carboxylic acids is 1. The maximum atomic E-state index is 11.9. The second-order valence-electron chi connectivity index (χ2n) is 5.79. The Balaban J connectivity index is 2.09. The molecule has 0 amide bonds. The van der Waals surface area contributed by atoms with Gasteiger partial charge >= 0.3 is 0 Å². The van der Waals surface area contributed by atoms with E-state index in [9.17, 15) is 9.90 Å². The first-order valence-corrected chi connectivity index (χ1v) is 6.44. The van der Waals surface area contributed by atoms with Crippen LogP contribution in [0.2, 0.25) is 0 Å². The van der Waals surface area contributed by atoms with Gasteiger partial charge in [-0.25, -0.2) is 0 Å². The topological polar surface area (TPSA) is 55.1 Å². The van der Waals surface area contributed by atoms with E-state index in [2.05, 4.69) is 18.2 Å². The van der Waals surface area contributed by atoms with E-state index in [0.29, 0.717) is 24.3 Å². The summed E-state index contributed by atoms with van der Waals surface area (Å²) in [5.41, 5.74) is 2.86. The average molecular weight is 246 g/mol. The molecule has 96 valence electrons. The van der Waals surface area contributed by atoms with E-state index in [0.717, 1.165) is 24.8 Å². The van der Waals surface area contributed by atoms with E-state index in [1.165, 1.54) is 5.56 Å². The maximum Gasteiger partial charge on any atom is 0.162 e. The molecule has 2 unspecified atom stereocenters. The molecule has 0 bridgehead atoms. The quantitative estimate of drug-likeness (QED) is 0.563. The number of aliphatic hydroxyl groups excluding tert-OH is 1. The summed E-state index contributed by atoms with van der Waals surface area (Å²) < 4.78 is 1.86. The number of carbonyl (C=O) groups is 1. The zero-order valence-electron chi connectivity index (χ0n) is 10.8. The van der Waals surface area contributed by atoms with Gasteiger partial charge in [-0.3, -0.25) is 9.48 Å². The highest BCUT2D eigenvalue weighted by atomic mass is 16.2.